The van der Waals surface area contributed by atoms with Gasteiger partial charge in [-0.15, -0.1) is 0 Å². The number of hydrogen-bond acceptors (Lipinski definition) is 4. The molecule has 2 aromatic carbocycles. The van der Waals surface area contributed by atoms with E-state index in [0.717, 1.165) is 0 Å². The second-order valence-electron chi connectivity index (χ2n) is 3.71. The SMILES string of the molecule is O=S(Cl)c1ccc(Oc2ccc(S(=O)(=O)Cl)cc2)cc1. The molecule has 1 atom stereocenters. The minimum absolute atomic E-state index is 0.000554. The normalized spacial score (nSPS) is 12.9. The van der Waals surface area contributed by atoms with Gasteiger partial charge in [-0.2, -0.15) is 0 Å². The molecule has 0 bridgehead atoms. The monoisotopic (exact) mass is 350 g/mol. The lowest BCUT2D eigenvalue weighted by Gasteiger charge is -2.06. The molecule has 2 aromatic rings. The summed E-state index contributed by atoms with van der Waals surface area (Å²) in [5, 5.41) is 0. The summed E-state index contributed by atoms with van der Waals surface area (Å²) in [5.41, 5.74) is 0. The third-order valence-electron chi connectivity index (χ3n) is 2.35. The standard InChI is InChI=1S/C12H8Cl2O4S2/c13-19(15)11-5-1-9(2-6-11)18-10-3-7-12(8-4-10)20(14,16)17/h1-8H. The van der Waals surface area contributed by atoms with Gasteiger partial charge in [0.25, 0.3) is 9.05 Å². The number of ether oxygens (including phenoxy) is 1. The average molecular weight is 351 g/mol. The second kappa shape index (κ2) is 6.13. The molecule has 1 unspecified atom stereocenters. The van der Waals surface area contributed by atoms with Crippen LogP contribution in [-0.2, 0) is 19.1 Å². The summed E-state index contributed by atoms with van der Waals surface area (Å²) in [6.45, 7) is 0. The van der Waals surface area contributed by atoms with Crippen molar-refractivity contribution in [1.29, 1.82) is 0 Å². The first-order valence-corrected chi connectivity index (χ1v) is 9.55. The molecule has 0 heterocycles. The summed E-state index contributed by atoms with van der Waals surface area (Å²) in [6.07, 6.45) is 0. The number of hydrogen-bond donors (Lipinski definition) is 0. The van der Waals surface area contributed by atoms with Crippen molar-refractivity contribution in [3.05, 3.63) is 48.5 Å². The van der Waals surface area contributed by atoms with Gasteiger partial charge in [-0.3, -0.25) is 0 Å². The Morgan fingerprint density at radius 3 is 1.75 bits per heavy atom. The molecule has 0 aromatic heterocycles. The van der Waals surface area contributed by atoms with Crippen molar-refractivity contribution >= 4 is 40.4 Å². The maximum Gasteiger partial charge on any atom is 0.261 e. The molecule has 0 amide bonds. The van der Waals surface area contributed by atoms with Gasteiger partial charge in [0, 0.05) is 10.7 Å². The number of rotatable bonds is 4. The molecule has 2 rings (SSSR count). The summed E-state index contributed by atoms with van der Waals surface area (Å²) in [5.74, 6) is 0.964. The van der Waals surface area contributed by atoms with E-state index >= 15 is 0 Å². The molecule has 0 aliphatic carbocycles. The number of halogens is 2. The lowest BCUT2D eigenvalue weighted by Crippen LogP contribution is -1.90. The van der Waals surface area contributed by atoms with Gasteiger partial charge in [0.1, 0.15) is 21.5 Å². The van der Waals surface area contributed by atoms with Gasteiger partial charge in [0.2, 0.25) is 0 Å². The quantitative estimate of drug-likeness (QED) is 0.789. The molecule has 0 radical (unpaired) electrons. The second-order valence-corrected chi connectivity index (χ2v) is 8.03. The van der Waals surface area contributed by atoms with Gasteiger partial charge in [-0.1, -0.05) is 0 Å². The zero-order valence-corrected chi connectivity index (χ0v) is 13.0. The molecule has 0 saturated carbocycles. The van der Waals surface area contributed by atoms with E-state index in [1.165, 1.54) is 24.3 Å². The summed E-state index contributed by atoms with van der Waals surface area (Å²) in [4.78, 5) is 0.474. The molecule has 0 saturated heterocycles. The summed E-state index contributed by atoms with van der Waals surface area (Å²) in [7, 11) is 5.35. The van der Waals surface area contributed by atoms with E-state index in [1.54, 1.807) is 24.3 Å². The maximum absolute atomic E-state index is 11.1. The zero-order valence-electron chi connectivity index (χ0n) is 9.82. The first-order chi connectivity index (χ1) is 9.36. The van der Waals surface area contributed by atoms with E-state index in [0.29, 0.717) is 16.4 Å². The highest BCUT2D eigenvalue weighted by Gasteiger charge is 2.09. The minimum atomic E-state index is -3.74. The van der Waals surface area contributed by atoms with E-state index in [9.17, 15) is 12.6 Å². The number of benzene rings is 2. The Hall–Kier alpha value is -1.08. The van der Waals surface area contributed by atoms with Crippen molar-refractivity contribution in [3.63, 3.8) is 0 Å². The van der Waals surface area contributed by atoms with Gasteiger partial charge >= 0.3 is 0 Å². The summed E-state index contributed by atoms with van der Waals surface area (Å²) < 4.78 is 38.7. The van der Waals surface area contributed by atoms with Gasteiger partial charge in [0.05, 0.1) is 9.79 Å². The minimum Gasteiger partial charge on any atom is -0.457 e. The van der Waals surface area contributed by atoms with Gasteiger partial charge < -0.3 is 4.74 Å². The maximum atomic E-state index is 11.1. The fourth-order valence-electron chi connectivity index (χ4n) is 1.42. The molecular weight excluding hydrogens is 343 g/mol. The van der Waals surface area contributed by atoms with Crippen molar-refractivity contribution in [2.24, 2.45) is 0 Å². The van der Waals surface area contributed by atoms with Crippen LogP contribution in [0.25, 0.3) is 0 Å². The Labute approximate surface area is 127 Å². The molecule has 0 spiro atoms. The first kappa shape index (κ1) is 15.3. The van der Waals surface area contributed by atoms with Crippen LogP contribution in [-0.4, -0.2) is 12.6 Å². The first-order valence-electron chi connectivity index (χ1n) is 5.27. The predicted molar refractivity (Wildman–Crippen MR) is 78.3 cm³/mol. The lowest BCUT2D eigenvalue weighted by molar-refractivity contribution is 0.481. The Balaban J connectivity index is 2.16. The van der Waals surface area contributed by atoms with Crippen LogP contribution in [0.5, 0.6) is 11.5 Å². The fourth-order valence-corrected chi connectivity index (χ4v) is 2.85. The van der Waals surface area contributed by atoms with Crippen LogP contribution < -0.4 is 4.74 Å². The zero-order chi connectivity index (χ0) is 14.8. The van der Waals surface area contributed by atoms with Crippen molar-refractivity contribution in [3.8, 4) is 11.5 Å². The van der Waals surface area contributed by atoms with E-state index in [2.05, 4.69) is 0 Å². The molecular formula is C12H8Cl2O4S2. The third kappa shape index (κ3) is 3.96. The molecule has 0 aliphatic rings. The third-order valence-corrected chi connectivity index (χ3v) is 4.90. The Morgan fingerprint density at radius 1 is 0.900 bits per heavy atom. The molecule has 0 N–H and O–H groups in total. The lowest BCUT2D eigenvalue weighted by atomic mass is 10.3. The van der Waals surface area contributed by atoms with E-state index < -0.39 is 19.1 Å². The molecule has 0 fully saturated rings. The van der Waals surface area contributed by atoms with Crippen molar-refractivity contribution in [2.45, 2.75) is 9.79 Å². The van der Waals surface area contributed by atoms with Crippen molar-refractivity contribution in [2.75, 3.05) is 0 Å². The highest BCUT2D eigenvalue weighted by molar-refractivity contribution is 8.13. The molecule has 0 aliphatic heterocycles. The molecule has 8 heteroatoms. The fraction of sp³-hybridized carbons (Fsp3) is 0. The topological polar surface area (TPSA) is 60.4 Å². The van der Waals surface area contributed by atoms with Crippen LogP contribution in [0, 0.1) is 0 Å². The smallest absolute Gasteiger partial charge is 0.261 e. The average Bonchev–Trinajstić information content (AvgIpc) is 2.39. The molecule has 20 heavy (non-hydrogen) atoms. The van der Waals surface area contributed by atoms with E-state index in [-0.39, 0.29) is 4.90 Å². The van der Waals surface area contributed by atoms with Crippen molar-refractivity contribution < 1.29 is 17.4 Å². The van der Waals surface area contributed by atoms with Crippen LogP contribution in [0.3, 0.4) is 0 Å². The highest BCUT2D eigenvalue weighted by Crippen LogP contribution is 2.25. The van der Waals surface area contributed by atoms with Crippen LogP contribution in [0.4, 0.5) is 0 Å². The van der Waals surface area contributed by atoms with Crippen LogP contribution in [0.1, 0.15) is 0 Å². The van der Waals surface area contributed by atoms with Crippen LogP contribution in [0.15, 0.2) is 58.3 Å². The Morgan fingerprint density at radius 2 is 1.35 bits per heavy atom. The van der Waals surface area contributed by atoms with Crippen LogP contribution >= 0.6 is 21.4 Å². The largest absolute Gasteiger partial charge is 0.457 e. The van der Waals surface area contributed by atoms with E-state index in [1.807, 2.05) is 0 Å². The van der Waals surface area contributed by atoms with Gasteiger partial charge in [0.15, 0.2) is 0 Å². The summed E-state index contributed by atoms with van der Waals surface area (Å²) in [6, 6.07) is 12.1. The predicted octanol–water partition coefficient (Wildman–Crippen LogP) is 3.67. The van der Waals surface area contributed by atoms with Crippen LogP contribution in [0.2, 0.25) is 0 Å². The Kier molecular flexibility index (Phi) is 4.70. The van der Waals surface area contributed by atoms with Gasteiger partial charge in [-0.05, 0) is 59.2 Å². The van der Waals surface area contributed by atoms with Crippen molar-refractivity contribution in [1.82, 2.24) is 0 Å². The highest BCUT2D eigenvalue weighted by atomic mass is 35.7. The molecule has 106 valence electrons. The summed E-state index contributed by atoms with van der Waals surface area (Å²) >= 11 is 0. The Bertz CT molecular complexity index is 725. The molecule has 4 nitrogen and oxygen atoms in total. The van der Waals surface area contributed by atoms with Gasteiger partial charge in [-0.25, -0.2) is 12.6 Å². The van der Waals surface area contributed by atoms with E-state index in [4.69, 9.17) is 26.1 Å².